The number of oxime groups is 1. The van der Waals surface area contributed by atoms with E-state index in [0.717, 1.165) is 24.2 Å². The summed E-state index contributed by atoms with van der Waals surface area (Å²) in [5, 5.41) is 11.6. The second-order valence-electron chi connectivity index (χ2n) is 4.64. The Morgan fingerprint density at radius 1 is 1.24 bits per heavy atom. The lowest BCUT2D eigenvalue weighted by Gasteiger charge is -2.16. The van der Waals surface area contributed by atoms with Crippen LogP contribution in [0.4, 0.5) is 0 Å². The number of ether oxygens (including phenoxy) is 1. The number of amidine groups is 1. The predicted molar refractivity (Wildman–Crippen MR) is 77.9 cm³/mol. The van der Waals surface area contributed by atoms with Gasteiger partial charge in [0.15, 0.2) is 5.84 Å². The molecule has 0 amide bonds. The third-order valence-corrected chi connectivity index (χ3v) is 3.23. The first-order chi connectivity index (χ1) is 10.3. The second-order valence-corrected chi connectivity index (χ2v) is 4.64. The molecule has 1 aromatic heterocycles. The molecule has 1 aromatic carbocycles. The first kappa shape index (κ1) is 13.1. The molecule has 21 heavy (non-hydrogen) atoms. The van der Waals surface area contributed by atoms with Crippen molar-refractivity contribution in [1.82, 2.24) is 9.97 Å². The molecule has 0 bridgehead atoms. The van der Waals surface area contributed by atoms with Crippen LogP contribution in [-0.2, 0) is 6.42 Å². The average molecular weight is 282 g/mol. The highest BCUT2D eigenvalue weighted by Crippen LogP contribution is 2.25. The minimum absolute atomic E-state index is 0.101. The molecule has 0 unspecified atom stereocenters. The Balaban J connectivity index is 1.84. The van der Waals surface area contributed by atoms with Gasteiger partial charge in [-0.15, -0.1) is 0 Å². The molecular weight excluding hydrogens is 268 g/mol. The quantitative estimate of drug-likeness (QED) is 0.388. The first-order valence-corrected chi connectivity index (χ1v) is 6.52. The van der Waals surface area contributed by atoms with Crippen molar-refractivity contribution in [3.05, 3.63) is 59.2 Å². The summed E-state index contributed by atoms with van der Waals surface area (Å²) in [6.45, 7) is 0. The van der Waals surface area contributed by atoms with Gasteiger partial charge in [-0.05, 0) is 23.6 Å². The van der Waals surface area contributed by atoms with Gasteiger partial charge in [0.2, 0.25) is 5.88 Å². The zero-order valence-electron chi connectivity index (χ0n) is 11.2. The molecule has 0 fully saturated rings. The zero-order chi connectivity index (χ0) is 14.7. The minimum atomic E-state index is -0.101. The van der Waals surface area contributed by atoms with Gasteiger partial charge in [0.25, 0.3) is 0 Å². The summed E-state index contributed by atoms with van der Waals surface area (Å²) in [4.78, 5) is 8.13. The van der Waals surface area contributed by atoms with Crippen molar-refractivity contribution in [2.24, 2.45) is 10.9 Å². The Bertz CT molecular complexity index is 725. The molecular formula is C15H14N4O2. The van der Waals surface area contributed by atoms with Gasteiger partial charge in [-0.2, -0.15) is 0 Å². The largest absolute Gasteiger partial charge is 0.442 e. The van der Waals surface area contributed by atoms with Crippen LogP contribution in [-0.4, -0.2) is 21.0 Å². The molecule has 6 heteroatoms. The Morgan fingerprint density at radius 3 is 2.95 bits per heavy atom. The zero-order valence-corrected chi connectivity index (χ0v) is 11.2. The molecule has 3 rings (SSSR count). The number of hydrogen-bond donors (Lipinski definition) is 2. The Morgan fingerprint density at radius 2 is 2.10 bits per heavy atom. The molecule has 0 spiro atoms. The van der Waals surface area contributed by atoms with Gasteiger partial charge in [0.1, 0.15) is 11.5 Å². The van der Waals surface area contributed by atoms with Crippen LogP contribution in [0.2, 0.25) is 0 Å². The summed E-state index contributed by atoms with van der Waals surface area (Å²) in [6, 6.07) is 8.19. The van der Waals surface area contributed by atoms with Crippen LogP contribution in [0.25, 0.3) is 6.08 Å². The Labute approximate surface area is 121 Å². The maximum Gasteiger partial charge on any atom is 0.238 e. The summed E-state index contributed by atoms with van der Waals surface area (Å²) >= 11 is 0. The first-order valence-electron chi connectivity index (χ1n) is 6.52. The van der Waals surface area contributed by atoms with E-state index < -0.39 is 0 Å². The molecule has 1 heterocycles. The molecule has 6 nitrogen and oxygen atoms in total. The van der Waals surface area contributed by atoms with Crippen LogP contribution in [0.1, 0.15) is 23.2 Å². The topological polar surface area (TPSA) is 93.6 Å². The smallest absolute Gasteiger partial charge is 0.238 e. The summed E-state index contributed by atoms with van der Waals surface area (Å²) in [5.74, 6) is 1.04. The maximum absolute atomic E-state index is 8.65. The lowest BCUT2D eigenvalue weighted by Crippen LogP contribution is -2.16. The van der Waals surface area contributed by atoms with E-state index in [-0.39, 0.29) is 11.5 Å². The fraction of sp³-hybridized carbons (Fsp3) is 0.133. The van der Waals surface area contributed by atoms with Gasteiger partial charge in [-0.3, -0.25) is 4.98 Å². The number of fused-ring (bicyclic) bond motifs is 1. The highest BCUT2D eigenvalue weighted by molar-refractivity contribution is 5.94. The molecule has 0 atom stereocenters. The van der Waals surface area contributed by atoms with Crippen molar-refractivity contribution >= 4 is 11.9 Å². The Kier molecular flexibility index (Phi) is 3.51. The van der Waals surface area contributed by atoms with Crippen molar-refractivity contribution < 1.29 is 9.94 Å². The number of rotatable bonds is 3. The van der Waals surface area contributed by atoms with Crippen LogP contribution in [0.3, 0.4) is 0 Å². The summed E-state index contributed by atoms with van der Waals surface area (Å²) < 4.78 is 5.74. The normalized spacial score (nSPS) is 14.3. The molecule has 0 aliphatic heterocycles. The molecule has 1 aliphatic carbocycles. The van der Waals surface area contributed by atoms with Crippen molar-refractivity contribution in [2.45, 2.75) is 12.8 Å². The highest BCUT2D eigenvalue weighted by atomic mass is 16.5. The maximum atomic E-state index is 8.65. The molecule has 0 saturated carbocycles. The van der Waals surface area contributed by atoms with E-state index in [1.54, 1.807) is 0 Å². The lowest BCUT2D eigenvalue weighted by molar-refractivity contribution is 0.318. The van der Waals surface area contributed by atoms with Crippen molar-refractivity contribution in [3.63, 3.8) is 0 Å². The second kappa shape index (κ2) is 5.62. The standard InChI is InChI=1S/C15H14N4O2/c16-15(19-20)13-8-17-9-14(18-13)21-12-6-5-10-3-1-2-4-11(10)7-12/h1-4,7-9,20H,5-6H2,(H2,16,19). The summed E-state index contributed by atoms with van der Waals surface area (Å²) in [6.07, 6.45) is 6.63. The average Bonchev–Trinajstić information content (AvgIpc) is 2.54. The fourth-order valence-corrected chi connectivity index (χ4v) is 2.19. The van der Waals surface area contributed by atoms with Gasteiger partial charge < -0.3 is 15.7 Å². The monoisotopic (exact) mass is 282 g/mol. The van der Waals surface area contributed by atoms with Crippen molar-refractivity contribution in [2.75, 3.05) is 0 Å². The summed E-state index contributed by atoms with van der Waals surface area (Å²) in [5.41, 5.74) is 8.22. The molecule has 0 radical (unpaired) electrons. The molecule has 0 saturated heterocycles. The lowest BCUT2D eigenvalue weighted by atomic mass is 9.96. The number of aromatic nitrogens is 2. The number of nitrogens with zero attached hydrogens (tertiary/aromatic N) is 3. The number of hydrogen-bond acceptors (Lipinski definition) is 5. The highest BCUT2D eigenvalue weighted by Gasteiger charge is 2.12. The molecule has 3 N–H and O–H groups in total. The van der Waals surface area contributed by atoms with Gasteiger partial charge in [-0.25, -0.2) is 4.98 Å². The van der Waals surface area contributed by atoms with E-state index in [9.17, 15) is 0 Å². The van der Waals surface area contributed by atoms with E-state index in [2.05, 4.69) is 27.3 Å². The van der Waals surface area contributed by atoms with Crippen molar-refractivity contribution in [3.8, 4) is 5.88 Å². The van der Waals surface area contributed by atoms with E-state index in [1.165, 1.54) is 18.0 Å². The number of aryl methyl sites for hydroxylation is 1. The summed E-state index contributed by atoms with van der Waals surface area (Å²) in [7, 11) is 0. The van der Waals surface area contributed by atoms with Crippen LogP contribution in [0, 0.1) is 0 Å². The molecule has 2 aromatic rings. The van der Waals surface area contributed by atoms with E-state index in [4.69, 9.17) is 15.7 Å². The minimum Gasteiger partial charge on any atom is -0.442 e. The van der Waals surface area contributed by atoms with Crippen LogP contribution in [0.15, 0.2) is 47.6 Å². The fourth-order valence-electron chi connectivity index (χ4n) is 2.19. The van der Waals surface area contributed by atoms with E-state index >= 15 is 0 Å². The molecule has 106 valence electrons. The van der Waals surface area contributed by atoms with Gasteiger partial charge >= 0.3 is 0 Å². The third-order valence-electron chi connectivity index (χ3n) is 3.23. The van der Waals surface area contributed by atoms with Crippen LogP contribution < -0.4 is 10.5 Å². The Hall–Kier alpha value is -2.89. The van der Waals surface area contributed by atoms with E-state index in [0.29, 0.717) is 5.88 Å². The number of nitrogens with two attached hydrogens (primary N) is 1. The number of allylic oxidation sites excluding steroid dienone is 1. The predicted octanol–water partition coefficient (Wildman–Crippen LogP) is 1.94. The van der Waals surface area contributed by atoms with Gasteiger partial charge in [0, 0.05) is 6.42 Å². The SMILES string of the molecule is N/C(=N\O)c1cncc(OC2=Cc3ccccc3CC2)n1. The number of benzene rings is 1. The van der Waals surface area contributed by atoms with Crippen LogP contribution >= 0.6 is 0 Å². The molecule has 1 aliphatic rings. The van der Waals surface area contributed by atoms with Gasteiger partial charge in [-0.1, -0.05) is 29.4 Å². The van der Waals surface area contributed by atoms with E-state index in [1.807, 2.05) is 18.2 Å². The third kappa shape index (κ3) is 2.84. The van der Waals surface area contributed by atoms with Crippen LogP contribution in [0.5, 0.6) is 5.88 Å². The van der Waals surface area contributed by atoms with Gasteiger partial charge in [0.05, 0.1) is 12.4 Å². The van der Waals surface area contributed by atoms with Crippen molar-refractivity contribution in [1.29, 1.82) is 0 Å².